The molecule has 3 heteroatoms. The zero-order chi connectivity index (χ0) is 13.3. The summed E-state index contributed by atoms with van der Waals surface area (Å²) in [4.78, 5) is 0. The zero-order valence-corrected chi connectivity index (χ0v) is 11.9. The van der Waals surface area contributed by atoms with Crippen LogP contribution in [0.15, 0.2) is 18.2 Å². The van der Waals surface area contributed by atoms with Crippen LogP contribution in [0, 0.1) is 5.92 Å². The Morgan fingerprint density at radius 2 is 1.84 bits per heavy atom. The van der Waals surface area contributed by atoms with E-state index in [1.165, 1.54) is 32.1 Å². The number of nitrogens with one attached hydrogen (secondary N) is 1. The van der Waals surface area contributed by atoms with Gasteiger partial charge in [-0.3, -0.25) is 0 Å². The van der Waals surface area contributed by atoms with Gasteiger partial charge in [0.1, 0.15) is 0 Å². The first-order chi connectivity index (χ1) is 9.12. The molecule has 0 radical (unpaired) electrons. The van der Waals surface area contributed by atoms with Crippen LogP contribution in [0.2, 0.25) is 0 Å². The van der Waals surface area contributed by atoms with Gasteiger partial charge < -0.3 is 14.8 Å². The average molecular weight is 261 g/mol. The Labute approximate surface area is 115 Å². The van der Waals surface area contributed by atoms with Crippen LogP contribution >= 0.6 is 0 Å². The molecule has 3 rings (SSSR count). The fourth-order valence-electron chi connectivity index (χ4n) is 2.99. The number of fused-ring (bicyclic) bond motifs is 1. The Bertz CT molecular complexity index is 450. The number of benzene rings is 1. The van der Waals surface area contributed by atoms with Crippen LogP contribution in [-0.2, 0) is 0 Å². The predicted molar refractivity (Wildman–Crippen MR) is 76.8 cm³/mol. The minimum atomic E-state index is -0.537. The maximum atomic E-state index is 5.76. The molecule has 1 heterocycles. The second kappa shape index (κ2) is 4.95. The maximum absolute atomic E-state index is 5.76. The molecule has 0 bridgehead atoms. The van der Waals surface area contributed by atoms with E-state index in [9.17, 15) is 0 Å². The van der Waals surface area contributed by atoms with Gasteiger partial charge in [0.15, 0.2) is 11.5 Å². The van der Waals surface area contributed by atoms with Crippen LogP contribution in [0.5, 0.6) is 11.5 Å². The van der Waals surface area contributed by atoms with E-state index in [0.717, 1.165) is 29.6 Å². The van der Waals surface area contributed by atoms with Crippen molar-refractivity contribution < 1.29 is 9.47 Å². The molecule has 0 amide bonds. The molecule has 1 aromatic rings. The summed E-state index contributed by atoms with van der Waals surface area (Å²) in [7, 11) is 0. The third-order valence-electron chi connectivity index (χ3n) is 3.97. The van der Waals surface area contributed by atoms with E-state index in [1.807, 2.05) is 26.0 Å². The van der Waals surface area contributed by atoms with Crippen molar-refractivity contribution in [1.29, 1.82) is 0 Å². The van der Waals surface area contributed by atoms with Crippen LogP contribution in [0.1, 0.15) is 46.0 Å². The molecule has 104 valence electrons. The molecule has 1 aromatic carbocycles. The van der Waals surface area contributed by atoms with Crippen LogP contribution in [-0.4, -0.2) is 12.3 Å². The van der Waals surface area contributed by atoms with E-state index in [0.29, 0.717) is 0 Å². The van der Waals surface area contributed by atoms with E-state index in [4.69, 9.17) is 9.47 Å². The number of rotatable bonds is 3. The van der Waals surface area contributed by atoms with E-state index >= 15 is 0 Å². The molecule has 1 N–H and O–H groups in total. The van der Waals surface area contributed by atoms with Crippen LogP contribution < -0.4 is 14.8 Å². The second-order valence-electron chi connectivity index (χ2n) is 6.15. The summed E-state index contributed by atoms with van der Waals surface area (Å²) in [5, 5.41) is 3.54. The first kappa shape index (κ1) is 12.6. The van der Waals surface area contributed by atoms with Gasteiger partial charge in [-0.05, 0) is 30.9 Å². The lowest BCUT2D eigenvalue weighted by molar-refractivity contribution is -0.0431. The predicted octanol–water partition coefficient (Wildman–Crippen LogP) is 4.19. The Balaban J connectivity index is 1.60. The number of hydrogen-bond donors (Lipinski definition) is 1. The molecule has 0 saturated heterocycles. The molecular formula is C16H23NO2. The van der Waals surface area contributed by atoms with E-state index in [1.54, 1.807) is 0 Å². The van der Waals surface area contributed by atoms with Gasteiger partial charge in [0, 0.05) is 32.1 Å². The van der Waals surface area contributed by atoms with Crippen molar-refractivity contribution in [2.75, 3.05) is 11.9 Å². The summed E-state index contributed by atoms with van der Waals surface area (Å²) in [5.74, 6) is 1.98. The summed E-state index contributed by atoms with van der Waals surface area (Å²) in [6, 6.07) is 6.12. The highest BCUT2D eigenvalue weighted by molar-refractivity contribution is 5.56. The summed E-state index contributed by atoms with van der Waals surface area (Å²) in [6.45, 7) is 4.94. The molecular weight excluding hydrogens is 238 g/mol. The average Bonchev–Trinajstić information content (AvgIpc) is 2.70. The first-order valence-electron chi connectivity index (χ1n) is 7.38. The standard InChI is InChI=1S/C16H23NO2/c1-16(2)18-14-9-8-13(10-15(14)19-16)17-11-12-6-4-3-5-7-12/h8-10,12,17H,3-7,11H2,1-2H3. The third kappa shape index (κ3) is 2.96. The lowest BCUT2D eigenvalue weighted by Gasteiger charge is -2.22. The molecule has 2 aliphatic rings. The minimum absolute atomic E-state index is 0.537. The molecule has 3 nitrogen and oxygen atoms in total. The highest BCUT2D eigenvalue weighted by atomic mass is 16.7. The van der Waals surface area contributed by atoms with Gasteiger partial charge in [0.25, 0.3) is 0 Å². The van der Waals surface area contributed by atoms with Crippen LogP contribution in [0.4, 0.5) is 5.69 Å². The normalized spacial score (nSPS) is 21.4. The van der Waals surface area contributed by atoms with Gasteiger partial charge in [-0.15, -0.1) is 0 Å². The zero-order valence-electron chi connectivity index (χ0n) is 11.9. The number of anilines is 1. The lowest BCUT2D eigenvalue weighted by atomic mass is 9.89. The van der Waals surface area contributed by atoms with Crippen molar-refractivity contribution in [3.63, 3.8) is 0 Å². The summed E-state index contributed by atoms with van der Waals surface area (Å²) >= 11 is 0. The molecule has 1 aliphatic heterocycles. The smallest absolute Gasteiger partial charge is 0.246 e. The van der Waals surface area contributed by atoms with E-state index in [2.05, 4.69) is 11.4 Å². The quantitative estimate of drug-likeness (QED) is 0.885. The van der Waals surface area contributed by atoms with Gasteiger partial charge in [-0.25, -0.2) is 0 Å². The van der Waals surface area contributed by atoms with Gasteiger partial charge in [-0.2, -0.15) is 0 Å². The molecule has 0 atom stereocenters. The first-order valence-corrected chi connectivity index (χ1v) is 7.38. The maximum Gasteiger partial charge on any atom is 0.246 e. The minimum Gasteiger partial charge on any atom is -0.449 e. The van der Waals surface area contributed by atoms with Crippen molar-refractivity contribution in [3.8, 4) is 11.5 Å². The Hall–Kier alpha value is -1.38. The van der Waals surface area contributed by atoms with Gasteiger partial charge >= 0.3 is 0 Å². The largest absolute Gasteiger partial charge is 0.449 e. The topological polar surface area (TPSA) is 30.5 Å². The van der Waals surface area contributed by atoms with Crippen molar-refractivity contribution in [3.05, 3.63) is 18.2 Å². The van der Waals surface area contributed by atoms with Crippen molar-refractivity contribution >= 4 is 5.69 Å². The lowest BCUT2D eigenvalue weighted by Crippen LogP contribution is -2.29. The summed E-state index contributed by atoms with van der Waals surface area (Å²) < 4.78 is 11.5. The molecule has 0 spiro atoms. The summed E-state index contributed by atoms with van der Waals surface area (Å²) in [5.41, 5.74) is 1.13. The van der Waals surface area contributed by atoms with Crippen LogP contribution in [0.25, 0.3) is 0 Å². The van der Waals surface area contributed by atoms with Crippen molar-refractivity contribution in [2.24, 2.45) is 5.92 Å². The highest BCUT2D eigenvalue weighted by Gasteiger charge is 2.31. The van der Waals surface area contributed by atoms with Crippen LogP contribution in [0.3, 0.4) is 0 Å². The van der Waals surface area contributed by atoms with Crippen molar-refractivity contribution in [2.45, 2.75) is 51.7 Å². The SMILES string of the molecule is CC1(C)Oc2ccc(NCC3CCCCC3)cc2O1. The number of ether oxygens (including phenoxy) is 2. The van der Waals surface area contributed by atoms with E-state index < -0.39 is 5.79 Å². The Kier molecular flexibility index (Phi) is 3.29. The van der Waals surface area contributed by atoms with E-state index in [-0.39, 0.29) is 0 Å². The molecule has 0 aromatic heterocycles. The molecule has 1 aliphatic carbocycles. The summed E-state index contributed by atoms with van der Waals surface area (Å²) in [6.07, 6.45) is 6.92. The second-order valence-corrected chi connectivity index (χ2v) is 6.15. The molecule has 1 saturated carbocycles. The molecule has 19 heavy (non-hydrogen) atoms. The third-order valence-corrected chi connectivity index (χ3v) is 3.97. The van der Waals surface area contributed by atoms with Gasteiger partial charge in [-0.1, -0.05) is 19.3 Å². The Morgan fingerprint density at radius 3 is 2.63 bits per heavy atom. The fourth-order valence-corrected chi connectivity index (χ4v) is 2.99. The highest BCUT2D eigenvalue weighted by Crippen LogP contribution is 2.40. The van der Waals surface area contributed by atoms with Crippen molar-refractivity contribution in [1.82, 2.24) is 0 Å². The van der Waals surface area contributed by atoms with Gasteiger partial charge in [0.05, 0.1) is 0 Å². The fraction of sp³-hybridized carbons (Fsp3) is 0.625. The van der Waals surface area contributed by atoms with Gasteiger partial charge in [0.2, 0.25) is 5.79 Å². The molecule has 0 unspecified atom stereocenters. The monoisotopic (exact) mass is 261 g/mol. The molecule has 1 fully saturated rings. The Morgan fingerprint density at radius 1 is 1.11 bits per heavy atom. The number of hydrogen-bond acceptors (Lipinski definition) is 3.